The van der Waals surface area contributed by atoms with Gasteiger partial charge in [-0.3, -0.25) is 9.78 Å². The van der Waals surface area contributed by atoms with Gasteiger partial charge >= 0.3 is 6.18 Å². The van der Waals surface area contributed by atoms with Gasteiger partial charge in [-0.25, -0.2) is 0 Å². The highest BCUT2D eigenvalue weighted by atomic mass is 35.5. The van der Waals surface area contributed by atoms with Gasteiger partial charge in [0.15, 0.2) is 0 Å². The standard InChI is InChI=1S/C21H16Cl2F3N3O/c22-17-7-5-14(10-16(17)19-3-1-2-8-28-19)29-20(30)15-6-4-13(9-18(15)23)11-27-12-21(24,25)26/h1-10,27H,11-12H2,(H,29,30). The molecule has 0 aliphatic carbocycles. The van der Waals surface area contributed by atoms with E-state index in [1.807, 2.05) is 6.07 Å². The highest BCUT2D eigenvalue weighted by molar-refractivity contribution is 6.35. The Balaban J connectivity index is 1.72. The van der Waals surface area contributed by atoms with Crippen LogP contribution in [-0.2, 0) is 6.54 Å². The predicted molar refractivity (Wildman–Crippen MR) is 112 cm³/mol. The highest BCUT2D eigenvalue weighted by Gasteiger charge is 2.26. The summed E-state index contributed by atoms with van der Waals surface area (Å²) in [7, 11) is 0. The largest absolute Gasteiger partial charge is 0.401 e. The average Bonchev–Trinajstić information content (AvgIpc) is 2.69. The van der Waals surface area contributed by atoms with Crippen LogP contribution in [0.4, 0.5) is 18.9 Å². The molecule has 1 heterocycles. The fraction of sp³-hybridized carbons (Fsp3) is 0.143. The van der Waals surface area contributed by atoms with E-state index in [1.165, 1.54) is 12.1 Å². The summed E-state index contributed by atoms with van der Waals surface area (Å²) in [5.74, 6) is -0.455. The van der Waals surface area contributed by atoms with E-state index in [0.717, 1.165) is 0 Å². The number of anilines is 1. The van der Waals surface area contributed by atoms with Crippen LogP contribution in [0.2, 0.25) is 10.0 Å². The number of hydrogen-bond donors (Lipinski definition) is 2. The molecule has 0 spiro atoms. The number of benzene rings is 2. The molecule has 0 saturated heterocycles. The van der Waals surface area contributed by atoms with Gasteiger partial charge in [-0.2, -0.15) is 13.2 Å². The van der Waals surface area contributed by atoms with Gasteiger partial charge in [-0.15, -0.1) is 0 Å². The number of alkyl halides is 3. The second-order valence-corrected chi connectivity index (χ2v) is 7.21. The van der Waals surface area contributed by atoms with Crippen molar-refractivity contribution in [2.75, 3.05) is 11.9 Å². The first-order valence-electron chi connectivity index (χ1n) is 8.81. The van der Waals surface area contributed by atoms with Crippen molar-refractivity contribution in [2.24, 2.45) is 0 Å². The van der Waals surface area contributed by atoms with E-state index in [2.05, 4.69) is 15.6 Å². The number of nitrogens with zero attached hydrogens (tertiary/aromatic N) is 1. The minimum Gasteiger partial charge on any atom is -0.322 e. The molecule has 0 atom stereocenters. The van der Waals surface area contributed by atoms with Gasteiger partial charge in [0, 0.05) is 24.0 Å². The van der Waals surface area contributed by atoms with Crippen molar-refractivity contribution >= 4 is 34.8 Å². The number of carbonyl (C=O) groups excluding carboxylic acids is 1. The Morgan fingerprint density at radius 1 is 1.00 bits per heavy atom. The van der Waals surface area contributed by atoms with Gasteiger partial charge < -0.3 is 10.6 Å². The second-order valence-electron chi connectivity index (χ2n) is 6.40. The SMILES string of the molecule is O=C(Nc1ccc(Cl)c(-c2ccccn2)c1)c1ccc(CNCC(F)(F)F)cc1Cl. The quantitative estimate of drug-likeness (QED) is 0.484. The molecule has 0 fully saturated rings. The molecule has 0 bridgehead atoms. The minimum absolute atomic E-state index is 0.0221. The zero-order valence-electron chi connectivity index (χ0n) is 15.4. The van der Waals surface area contributed by atoms with Crippen molar-refractivity contribution in [2.45, 2.75) is 12.7 Å². The summed E-state index contributed by atoms with van der Waals surface area (Å²) in [4.78, 5) is 16.9. The third-order valence-corrected chi connectivity index (χ3v) is 4.74. The summed E-state index contributed by atoms with van der Waals surface area (Å²) < 4.78 is 36.7. The molecule has 156 valence electrons. The maximum absolute atomic E-state index is 12.6. The molecule has 3 aromatic rings. The first-order chi connectivity index (χ1) is 14.2. The Kier molecular flexibility index (Phi) is 6.97. The highest BCUT2D eigenvalue weighted by Crippen LogP contribution is 2.29. The van der Waals surface area contributed by atoms with Crippen LogP contribution >= 0.6 is 23.2 Å². The van der Waals surface area contributed by atoms with E-state index in [9.17, 15) is 18.0 Å². The van der Waals surface area contributed by atoms with E-state index in [4.69, 9.17) is 23.2 Å². The van der Waals surface area contributed by atoms with E-state index in [1.54, 1.807) is 42.6 Å². The van der Waals surface area contributed by atoms with Crippen LogP contribution in [0.3, 0.4) is 0 Å². The van der Waals surface area contributed by atoms with Crippen LogP contribution in [-0.4, -0.2) is 23.6 Å². The van der Waals surface area contributed by atoms with Crippen LogP contribution < -0.4 is 10.6 Å². The third-order valence-electron chi connectivity index (χ3n) is 4.10. The summed E-state index contributed by atoms with van der Waals surface area (Å²) in [5, 5.41) is 5.65. The molecule has 2 N–H and O–H groups in total. The molecule has 1 aromatic heterocycles. The van der Waals surface area contributed by atoms with Gasteiger partial charge in [-0.1, -0.05) is 35.3 Å². The summed E-state index contributed by atoms with van der Waals surface area (Å²) in [6.07, 6.45) is -2.65. The van der Waals surface area contributed by atoms with Crippen LogP contribution in [0.1, 0.15) is 15.9 Å². The first-order valence-corrected chi connectivity index (χ1v) is 9.57. The Morgan fingerprint density at radius 3 is 2.47 bits per heavy atom. The van der Waals surface area contributed by atoms with Gasteiger partial charge in [0.05, 0.1) is 27.8 Å². The fourth-order valence-electron chi connectivity index (χ4n) is 2.72. The summed E-state index contributed by atoms with van der Waals surface area (Å²) >= 11 is 12.4. The van der Waals surface area contributed by atoms with Crippen LogP contribution in [0, 0.1) is 0 Å². The molecule has 1 amide bonds. The average molecular weight is 454 g/mol. The van der Waals surface area contributed by atoms with E-state index in [-0.39, 0.29) is 17.1 Å². The molecule has 4 nitrogen and oxygen atoms in total. The van der Waals surface area contributed by atoms with E-state index >= 15 is 0 Å². The zero-order valence-corrected chi connectivity index (χ0v) is 16.9. The zero-order chi connectivity index (χ0) is 21.7. The topological polar surface area (TPSA) is 54.0 Å². The lowest BCUT2D eigenvalue weighted by molar-refractivity contribution is -0.125. The molecule has 2 aromatic carbocycles. The predicted octanol–water partition coefficient (Wildman–Crippen LogP) is 5.96. The van der Waals surface area contributed by atoms with Crippen LogP contribution in [0.5, 0.6) is 0 Å². The lowest BCUT2D eigenvalue weighted by Gasteiger charge is -2.11. The van der Waals surface area contributed by atoms with Crippen molar-refractivity contribution in [3.63, 3.8) is 0 Å². The molecular weight excluding hydrogens is 438 g/mol. The van der Waals surface area contributed by atoms with E-state index in [0.29, 0.717) is 27.5 Å². The molecular formula is C21H16Cl2F3N3O. The monoisotopic (exact) mass is 453 g/mol. The first kappa shape index (κ1) is 22.1. The summed E-state index contributed by atoms with van der Waals surface area (Å²) in [6, 6.07) is 14.9. The van der Waals surface area contributed by atoms with Crippen molar-refractivity contribution in [3.8, 4) is 11.3 Å². The van der Waals surface area contributed by atoms with Crippen molar-refractivity contribution < 1.29 is 18.0 Å². The van der Waals surface area contributed by atoms with Gasteiger partial charge in [0.2, 0.25) is 0 Å². The van der Waals surface area contributed by atoms with Gasteiger partial charge in [-0.05, 0) is 48.0 Å². The Morgan fingerprint density at radius 2 is 1.80 bits per heavy atom. The normalized spacial score (nSPS) is 11.4. The van der Waals surface area contributed by atoms with Crippen molar-refractivity contribution in [1.82, 2.24) is 10.3 Å². The lowest BCUT2D eigenvalue weighted by Crippen LogP contribution is -2.28. The number of hydrogen-bond acceptors (Lipinski definition) is 3. The number of pyridine rings is 1. The molecule has 0 radical (unpaired) electrons. The van der Waals surface area contributed by atoms with E-state index < -0.39 is 18.6 Å². The fourth-order valence-corrected chi connectivity index (χ4v) is 3.22. The molecule has 0 saturated carbocycles. The molecule has 30 heavy (non-hydrogen) atoms. The molecule has 0 unspecified atom stereocenters. The maximum Gasteiger partial charge on any atom is 0.401 e. The third kappa shape index (κ3) is 5.95. The van der Waals surface area contributed by atoms with Crippen LogP contribution in [0.15, 0.2) is 60.8 Å². The number of carbonyl (C=O) groups is 1. The second kappa shape index (κ2) is 9.47. The van der Waals surface area contributed by atoms with Gasteiger partial charge in [0.25, 0.3) is 5.91 Å². The Labute approximate surface area is 181 Å². The Bertz CT molecular complexity index is 1040. The minimum atomic E-state index is -4.30. The summed E-state index contributed by atoms with van der Waals surface area (Å²) in [5.41, 5.74) is 2.55. The maximum atomic E-state index is 12.6. The summed E-state index contributed by atoms with van der Waals surface area (Å²) in [6.45, 7) is -1.13. The lowest BCUT2D eigenvalue weighted by atomic mass is 10.1. The van der Waals surface area contributed by atoms with Gasteiger partial charge in [0.1, 0.15) is 0 Å². The number of amides is 1. The van der Waals surface area contributed by atoms with Crippen molar-refractivity contribution in [3.05, 3.63) is 82.0 Å². The Hall–Kier alpha value is -2.61. The smallest absolute Gasteiger partial charge is 0.322 e. The molecule has 0 aliphatic heterocycles. The number of halogens is 5. The number of nitrogens with one attached hydrogen (secondary N) is 2. The van der Waals surface area contributed by atoms with Crippen molar-refractivity contribution in [1.29, 1.82) is 0 Å². The number of aromatic nitrogens is 1. The molecule has 9 heteroatoms. The molecule has 0 aliphatic rings. The molecule has 3 rings (SSSR count). The number of rotatable bonds is 6. The van der Waals surface area contributed by atoms with Crippen LogP contribution in [0.25, 0.3) is 11.3 Å².